The molecule has 0 unspecified atom stereocenters. The number of aromatic nitrogens is 2. The Bertz CT molecular complexity index is 1430. The summed E-state index contributed by atoms with van der Waals surface area (Å²) in [5.41, 5.74) is 3.82. The van der Waals surface area contributed by atoms with Gasteiger partial charge >= 0.3 is 7.05 Å². The van der Waals surface area contributed by atoms with Crippen molar-refractivity contribution in [1.82, 2.24) is 24.6 Å². The van der Waals surface area contributed by atoms with Crippen LogP contribution in [0.1, 0.15) is 24.6 Å². The van der Waals surface area contributed by atoms with E-state index < -0.39 is 7.05 Å². The highest BCUT2D eigenvalue weighted by molar-refractivity contribution is 6.45. The van der Waals surface area contributed by atoms with E-state index in [1.165, 1.54) is 0 Å². The molecule has 9 nitrogen and oxygen atoms in total. The molecule has 214 valence electrons. The molecule has 2 atom stereocenters. The molecule has 0 bridgehead atoms. The minimum Gasteiger partial charge on any atom is -0.437 e. The minimum absolute atomic E-state index is 0.247. The standard InChI is InChI=1S/C30H38BFN8O/c1-22-19-38(29-6-5-23(17-33)30-26(29)4-3-8-34-30)20-24-7-9-36(10-15-40(22)24)21-28-27(32)16-25(18-35-28)37-11-13-39(14-12-37)31(2)41/h3-6,8,16,18,22,24,41H,7,9-15,19-21H2,1-2H3/t22-,24+/m1/s1. The van der Waals surface area contributed by atoms with Crippen molar-refractivity contribution in [2.24, 2.45) is 0 Å². The molecule has 3 aliphatic heterocycles. The summed E-state index contributed by atoms with van der Waals surface area (Å²) in [6.45, 7) is 12.1. The second kappa shape index (κ2) is 11.9. The van der Waals surface area contributed by atoms with Crippen LogP contribution in [-0.4, -0.2) is 108 Å². The fourth-order valence-electron chi connectivity index (χ4n) is 6.77. The number of hydrogen-bond acceptors (Lipinski definition) is 9. The van der Waals surface area contributed by atoms with E-state index in [1.807, 2.05) is 16.9 Å². The molecule has 3 fully saturated rings. The third-order valence-corrected chi connectivity index (χ3v) is 9.10. The summed E-state index contributed by atoms with van der Waals surface area (Å²) in [6.07, 6.45) is 4.55. The number of nitriles is 1. The summed E-state index contributed by atoms with van der Waals surface area (Å²) in [5.74, 6) is -0.247. The van der Waals surface area contributed by atoms with Crippen LogP contribution in [0.3, 0.4) is 0 Å². The van der Waals surface area contributed by atoms with Gasteiger partial charge in [-0.25, -0.2) is 4.39 Å². The smallest absolute Gasteiger partial charge is 0.376 e. The second-order valence-corrected chi connectivity index (χ2v) is 11.6. The monoisotopic (exact) mass is 556 g/mol. The highest BCUT2D eigenvalue weighted by atomic mass is 19.1. The molecular weight excluding hydrogens is 518 g/mol. The van der Waals surface area contributed by atoms with Gasteiger partial charge in [-0.15, -0.1) is 0 Å². The van der Waals surface area contributed by atoms with Gasteiger partial charge in [0.25, 0.3) is 0 Å². The highest BCUT2D eigenvalue weighted by Gasteiger charge is 2.35. The van der Waals surface area contributed by atoms with E-state index in [0.29, 0.717) is 29.9 Å². The molecule has 41 heavy (non-hydrogen) atoms. The molecule has 0 radical (unpaired) electrons. The van der Waals surface area contributed by atoms with Crippen LogP contribution in [0.5, 0.6) is 0 Å². The summed E-state index contributed by atoms with van der Waals surface area (Å²) in [5, 5.41) is 20.4. The molecular formula is C30H38BFN8O. The number of anilines is 2. The summed E-state index contributed by atoms with van der Waals surface area (Å²) in [4.78, 5) is 20.6. The molecule has 1 N–H and O–H groups in total. The Kier molecular flexibility index (Phi) is 8.09. The molecule has 5 heterocycles. The largest absolute Gasteiger partial charge is 0.437 e. The lowest BCUT2D eigenvalue weighted by Crippen LogP contribution is -2.58. The van der Waals surface area contributed by atoms with Crippen molar-refractivity contribution >= 4 is 29.3 Å². The molecule has 0 saturated carbocycles. The fourth-order valence-corrected chi connectivity index (χ4v) is 6.77. The van der Waals surface area contributed by atoms with Gasteiger partial charge in [-0.1, -0.05) is 0 Å². The maximum Gasteiger partial charge on any atom is 0.376 e. The maximum atomic E-state index is 15.2. The van der Waals surface area contributed by atoms with Crippen molar-refractivity contribution in [1.29, 1.82) is 5.26 Å². The van der Waals surface area contributed by atoms with Gasteiger partial charge in [0, 0.05) is 101 Å². The lowest BCUT2D eigenvalue weighted by Gasteiger charge is -2.46. The van der Waals surface area contributed by atoms with Gasteiger partial charge in [0.1, 0.15) is 11.9 Å². The average molecular weight is 556 g/mol. The van der Waals surface area contributed by atoms with E-state index in [1.54, 1.807) is 25.3 Å². The first-order valence-corrected chi connectivity index (χ1v) is 14.7. The Labute approximate surface area is 241 Å². The molecule has 0 amide bonds. The van der Waals surface area contributed by atoms with Crippen molar-refractivity contribution < 1.29 is 9.41 Å². The van der Waals surface area contributed by atoms with Crippen LogP contribution in [0.2, 0.25) is 6.82 Å². The lowest BCUT2D eigenvalue weighted by molar-refractivity contribution is 0.127. The van der Waals surface area contributed by atoms with Gasteiger partial charge in [-0.2, -0.15) is 5.26 Å². The highest BCUT2D eigenvalue weighted by Crippen LogP contribution is 2.32. The average Bonchev–Trinajstić information content (AvgIpc) is 3.20. The van der Waals surface area contributed by atoms with Crippen molar-refractivity contribution in [2.75, 3.05) is 68.7 Å². The molecule has 1 aromatic carbocycles. The van der Waals surface area contributed by atoms with Gasteiger partial charge < -0.3 is 19.6 Å². The summed E-state index contributed by atoms with van der Waals surface area (Å²) in [6, 6.07) is 12.6. The van der Waals surface area contributed by atoms with E-state index in [4.69, 9.17) is 0 Å². The number of hydrogen-bond donors (Lipinski definition) is 1. The van der Waals surface area contributed by atoms with Crippen LogP contribution >= 0.6 is 0 Å². The number of pyridine rings is 2. The van der Waals surface area contributed by atoms with E-state index >= 15 is 4.39 Å². The first kappa shape index (κ1) is 27.9. The van der Waals surface area contributed by atoms with E-state index in [9.17, 15) is 10.3 Å². The summed E-state index contributed by atoms with van der Waals surface area (Å²) >= 11 is 0. The summed E-state index contributed by atoms with van der Waals surface area (Å²) < 4.78 is 15.2. The predicted molar refractivity (Wildman–Crippen MR) is 160 cm³/mol. The molecule has 3 saturated heterocycles. The zero-order valence-electron chi connectivity index (χ0n) is 24.0. The zero-order valence-corrected chi connectivity index (χ0v) is 24.0. The van der Waals surface area contributed by atoms with Crippen molar-refractivity contribution in [2.45, 2.75) is 38.8 Å². The Morgan fingerprint density at radius 3 is 2.63 bits per heavy atom. The zero-order chi connectivity index (χ0) is 28.5. The van der Waals surface area contributed by atoms with Crippen molar-refractivity contribution in [3.05, 3.63) is 59.8 Å². The van der Waals surface area contributed by atoms with E-state index in [2.05, 4.69) is 54.7 Å². The van der Waals surface area contributed by atoms with Gasteiger partial charge in [0.15, 0.2) is 0 Å². The van der Waals surface area contributed by atoms with Crippen LogP contribution in [0, 0.1) is 17.1 Å². The maximum absolute atomic E-state index is 15.2. The second-order valence-electron chi connectivity index (χ2n) is 11.6. The molecule has 6 rings (SSSR count). The first-order valence-electron chi connectivity index (χ1n) is 14.7. The van der Waals surface area contributed by atoms with E-state index in [0.717, 1.165) is 87.6 Å². The normalized spacial score (nSPS) is 22.8. The Morgan fingerprint density at radius 2 is 1.88 bits per heavy atom. The molecule has 2 aromatic heterocycles. The molecule has 0 spiro atoms. The van der Waals surface area contributed by atoms with Gasteiger partial charge in [-0.05, 0) is 44.4 Å². The SMILES string of the molecule is CB(O)N1CCN(c2cnc(CN3CC[C@H]4CN(c5ccc(C#N)c6ncccc56)C[C@@H](C)N4CC3)c(F)c2)CC1. The molecule has 0 aliphatic carbocycles. The van der Waals surface area contributed by atoms with Gasteiger partial charge in [0.2, 0.25) is 0 Å². The van der Waals surface area contributed by atoms with Gasteiger partial charge in [-0.3, -0.25) is 19.8 Å². The number of piperazine rings is 2. The van der Waals surface area contributed by atoms with Crippen LogP contribution in [-0.2, 0) is 6.54 Å². The number of rotatable bonds is 5. The Hall–Kier alpha value is -3.30. The quantitative estimate of drug-likeness (QED) is 0.477. The molecule has 11 heteroatoms. The molecule has 3 aliphatic rings. The Morgan fingerprint density at radius 1 is 1.05 bits per heavy atom. The van der Waals surface area contributed by atoms with E-state index in [-0.39, 0.29) is 5.82 Å². The van der Waals surface area contributed by atoms with Crippen molar-refractivity contribution in [3.8, 4) is 6.07 Å². The third-order valence-electron chi connectivity index (χ3n) is 9.10. The number of benzene rings is 1. The van der Waals surface area contributed by atoms with Crippen LogP contribution in [0.15, 0.2) is 42.7 Å². The number of halogens is 1. The van der Waals surface area contributed by atoms with Crippen LogP contribution in [0.4, 0.5) is 15.8 Å². The number of fused-ring (bicyclic) bond motifs is 2. The summed E-state index contributed by atoms with van der Waals surface area (Å²) in [7, 11) is -0.456. The fraction of sp³-hybridized carbons (Fsp3) is 0.500. The van der Waals surface area contributed by atoms with Crippen LogP contribution < -0.4 is 9.80 Å². The van der Waals surface area contributed by atoms with Crippen molar-refractivity contribution in [3.63, 3.8) is 0 Å². The lowest BCUT2D eigenvalue weighted by atomic mass is 9.84. The predicted octanol–water partition coefficient (Wildman–Crippen LogP) is 2.66. The number of nitrogens with zero attached hydrogens (tertiary/aromatic N) is 8. The topological polar surface area (TPSA) is 86.0 Å². The third kappa shape index (κ3) is 5.75. The van der Waals surface area contributed by atoms with Gasteiger partial charge in [0.05, 0.1) is 28.7 Å². The Balaban J connectivity index is 1.11. The minimum atomic E-state index is -0.456. The molecule has 3 aromatic rings. The van der Waals surface area contributed by atoms with Crippen LogP contribution in [0.25, 0.3) is 10.9 Å². The first-order chi connectivity index (χ1) is 19.9.